The van der Waals surface area contributed by atoms with Crippen molar-refractivity contribution < 1.29 is 9.59 Å². The minimum absolute atomic E-state index is 0.0567. The molecule has 0 unspecified atom stereocenters. The van der Waals surface area contributed by atoms with Crippen LogP contribution in [-0.4, -0.2) is 27.7 Å². The Morgan fingerprint density at radius 3 is 2.84 bits per heavy atom. The molecule has 0 bridgehead atoms. The van der Waals surface area contributed by atoms with Crippen LogP contribution in [0.3, 0.4) is 0 Å². The second-order valence-electron chi connectivity index (χ2n) is 5.38. The summed E-state index contributed by atoms with van der Waals surface area (Å²) in [5.41, 5.74) is 1.21. The van der Waals surface area contributed by atoms with E-state index in [2.05, 4.69) is 15.6 Å². The first-order valence-electron chi connectivity index (χ1n) is 7.66. The number of amides is 2. The molecule has 2 amide bonds. The molecule has 1 aromatic carbocycles. The van der Waals surface area contributed by atoms with Crippen molar-refractivity contribution in [1.82, 2.24) is 14.7 Å². The summed E-state index contributed by atoms with van der Waals surface area (Å²) in [4.78, 5) is 41.5. The fourth-order valence-corrected chi connectivity index (χ4v) is 3.01. The highest BCUT2D eigenvalue weighted by atomic mass is 32.1. The fourth-order valence-electron chi connectivity index (χ4n) is 2.33. The molecule has 0 spiro atoms. The van der Waals surface area contributed by atoms with E-state index in [9.17, 15) is 14.4 Å². The molecule has 0 saturated heterocycles. The molecule has 0 saturated carbocycles. The molecular formula is C17H16N4O3S. The Kier molecular flexibility index (Phi) is 4.62. The van der Waals surface area contributed by atoms with E-state index in [1.165, 1.54) is 21.9 Å². The normalized spacial score (nSPS) is 10.6. The average Bonchev–Trinajstić information content (AvgIpc) is 3.07. The van der Waals surface area contributed by atoms with Crippen LogP contribution in [0.25, 0.3) is 4.96 Å². The summed E-state index contributed by atoms with van der Waals surface area (Å²) >= 11 is 1.31. The Morgan fingerprint density at radius 1 is 1.28 bits per heavy atom. The molecule has 3 rings (SSSR count). The van der Waals surface area contributed by atoms with Gasteiger partial charge in [-0.2, -0.15) is 0 Å². The van der Waals surface area contributed by atoms with E-state index in [-0.39, 0.29) is 11.5 Å². The van der Waals surface area contributed by atoms with Crippen LogP contribution in [0.2, 0.25) is 0 Å². The Morgan fingerprint density at radius 2 is 2.08 bits per heavy atom. The Hall–Kier alpha value is -3.00. The van der Waals surface area contributed by atoms with Gasteiger partial charge in [0.1, 0.15) is 5.56 Å². The van der Waals surface area contributed by atoms with Gasteiger partial charge in [-0.3, -0.25) is 18.8 Å². The third-order valence-electron chi connectivity index (χ3n) is 3.67. The summed E-state index contributed by atoms with van der Waals surface area (Å²) in [7, 11) is 0. The maximum absolute atomic E-state index is 12.5. The van der Waals surface area contributed by atoms with Crippen LogP contribution in [0.1, 0.15) is 33.2 Å². The molecule has 2 aromatic heterocycles. The molecule has 0 radical (unpaired) electrons. The number of carbonyl (C=O) groups excluding carboxylic acids is 2. The van der Waals surface area contributed by atoms with Crippen LogP contribution in [0, 0.1) is 6.92 Å². The van der Waals surface area contributed by atoms with Crippen molar-refractivity contribution in [3.8, 4) is 0 Å². The largest absolute Gasteiger partial charge is 0.352 e. The lowest BCUT2D eigenvalue weighted by Crippen LogP contribution is -2.26. The van der Waals surface area contributed by atoms with Crippen molar-refractivity contribution >= 4 is 33.8 Å². The van der Waals surface area contributed by atoms with Crippen LogP contribution in [0.15, 0.2) is 40.8 Å². The number of benzene rings is 1. The van der Waals surface area contributed by atoms with Gasteiger partial charge in [0.2, 0.25) is 0 Å². The standard InChI is InChI=1S/C17H16N4O3S/c1-3-18-14(22)11-5-4-10(2)13(8-11)20-15(23)12-9-19-17-21(16(12)24)6-7-25-17/h4-9H,3H2,1-2H3,(H,18,22)(H,20,23). The summed E-state index contributed by atoms with van der Waals surface area (Å²) < 4.78 is 1.33. The molecule has 2 N–H and O–H groups in total. The second-order valence-corrected chi connectivity index (χ2v) is 6.25. The van der Waals surface area contributed by atoms with Gasteiger partial charge in [-0.25, -0.2) is 4.98 Å². The Labute approximate surface area is 147 Å². The van der Waals surface area contributed by atoms with Crippen molar-refractivity contribution in [2.24, 2.45) is 0 Å². The summed E-state index contributed by atoms with van der Waals surface area (Å²) in [5, 5.41) is 7.13. The third kappa shape index (κ3) is 3.29. The number of nitrogens with zero attached hydrogens (tertiary/aromatic N) is 2. The molecule has 0 aliphatic rings. The van der Waals surface area contributed by atoms with Gasteiger partial charge in [0.25, 0.3) is 17.4 Å². The summed E-state index contributed by atoms with van der Waals surface area (Å²) in [6.07, 6.45) is 2.85. The zero-order valence-corrected chi connectivity index (χ0v) is 14.5. The quantitative estimate of drug-likeness (QED) is 0.748. The van der Waals surface area contributed by atoms with Crippen LogP contribution in [-0.2, 0) is 0 Å². The highest BCUT2D eigenvalue weighted by Crippen LogP contribution is 2.18. The molecule has 0 aliphatic heterocycles. The Balaban J connectivity index is 1.92. The molecule has 8 heteroatoms. The lowest BCUT2D eigenvalue weighted by Gasteiger charge is -2.10. The van der Waals surface area contributed by atoms with E-state index in [0.717, 1.165) is 5.56 Å². The van der Waals surface area contributed by atoms with Gasteiger partial charge in [-0.15, -0.1) is 11.3 Å². The van der Waals surface area contributed by atoms with Gasteiger partial charge in [-0.05, 0) is 31.5 Å². The topological polar surface area (TPSA) is 92.6 Å². The molecule has 0 fully saturated rings. The number of aromatic nitrogens is 2. The number of fused-ring (bicyclic) bond motifs is 1. The number of thiazole rings is 1. The first kappa shape index (κ1) is 16.8. The number of nitrogens with one attached hydrogen (secondary N) is 2. The molecule has 25 heavy (non-hydrogen) atoms. The minimum Gasteiger partial charge on any atom is -0.352 e. The third-order valence-corrected chi connectivity index (χ3v) is 4.44. The lowest BCUT2D eigenvalue weighted by molar-refractivity contribution is 0.0954. The number of carbonyl (C=O) groups is 2. The van der Waals surface area contributed by atoms with Crippen LogP contribution < -0.4 is 16.2 Å². The van der Waals surface area contributed by atoms with E-state index >= 15 is 0 Å². The minimum atomic E-state index is -0.561. The van der Waals surface area contributed by atoms with Crippen molar-refractivity contribution in [1.29, 1.82) is 0 Å². The van der Waals surface area contributed by atoms with Gasteiger partial charge in [0.05, 0.1) is 0 Å². The number of aryl methyl sites for hydroxylation is 1. The van der Waals surface area contributed by atoms with Crippen molar-refractivity contribution in [2.75, 3.05) is 11.9 Å². The zero-order chi connectivity index (χ0) is 18.0. The monoisotopic (exact) mass is 356 g/mol. The van der Waals surface area contributed by atoms with Crippen LogP contribution in [0.4, 0.5) is 5.69 Å². The molecule has 7 nitrogen and oxygen atoms in total. The first-order chi connectivity index (χ1) is 12.0. The fraction of sp³-hybridized carbons (Fsp3) is 0.176. The number of hydrogen-bond acceptors (Lipinski definition) is 5. The summed E-state index contributed by atoms with van der Waals surface area (Å²) in [6, 6.07) is 5.02. The van der Waals surface area contributed by atoms with Crippen molar-refractivity contribution in [2.45, 2.75) is 13.8 Å². The molecule has 0 aliphatic carbocycles. The van der Waals surface area contributed by atoms with E-state index < -0.39 is 11.5 Å². The molecule has 0 atom stereocenters. The van der Waals surface area contributed by atoms with E-state index in [1.807, 2.05) is 13.8 Å². The summed E-state index contributed by atoms with van der Waals surface area (Å²) in [6.45, 7) is 4.15. The van der Waals surface area contributed by atoms with Gasteiger partial charge in [0.15, 0.2) is 4.96 Å². The predicted octanol–water partition coefficient (Wildman–Crippen LogP) is 2.07. The highest BCUT2D eigenvalue weighted by molar-refractivity contribution is 7.15. The van der Waals surface area contributed by atoms with Crippen molar-refractivity contribution in [3.05, 3.63) is 63.0 Å². The predicted molar refractivity (Wildman–Crippen MR) is 96.5 cm³/mol. The SMILES string of the molecule is CCNC(=O)c1ccc(C)c(NC(=O)c2cnc3sccn3c2=O)c1. The van der Waals surface area contributed by atoms with Gasteiger partial charge >= 0.3 is 0 Å². The summed E-state index contributed by atoms with van der Waals surface area (Å²) in [5.74, 6) is -0.784. The van der Waals surface area contributed by atoms with E-state index in [0.29, 0.717) is 22.8 Å². The maximum atomic E-state index is 12.5. The Bertz CT molecular complexity index is 1020. The van der Waals surface area contributed by atoms with E-state index in [1.54, 1.807) is 29.8 Å². The van der Waals surface area contributed by atoms with Crippen molar-refractivity contribution in [3.63, 3.8) is 0 Å². The van der Waals surface area contributed by atoms with Gasteiger partial charge < -0.3 is 10.6 Å². The molecule has 3 aromatic rings. The van der Waals surface area contributed by atoms with E-state index in [4.69, 9.17) is 0 Å². The molecule has 128 valence electrons. The zero-order valence-electron chi connectivity index (χ0n) is 13.7. The number of hydrogen-bond donors (Lipinski definition) is 2. The first-order valence-corrected chi connectivity index (χ1v) is 8.54. The second kappa shape index (κ2) is 6.86. The average molecular weight is 356 g/mol. The molecular weight excluding hydrogens is 340 g/mol. The van der Waals surface area contributed by atoms with Gasteiger partial charge in [-0.1, -0.05) is 6.07 Å². The molecule has 2 heterocycles. The maximum Gasteiger partial charge on any atom is 0.271 e. The number of anilines is 1. The number of rotatable bonds is 4. The van der Waals surface area contributed by atoms with Crippen LogP contribution >= 0.6 is 11.3 Å². The van der Waals surface area contributed by atoms with Crippen LogP contribution in [0.5, 0.6) is 0 Å². The smallest absolute Gasteiger partial charge is 0.271 e. The highest BCUT2D eigenvalue weighted by Gasteiger charge is 2.16. The van der Waals surface area contributed by atoms with Gasteiger partial charge in [0, 0.05) is 35.6 Å². The lowest BCUT2D eigenvalue weighted by atomic mass is 10.1.